The van der Waals surface area contributed by atoms with E-state index in [1.807, 2.05) is 6.92 Å². The lowest BCUT2D eigenvalue weighted by Crippen LogP contribution is -2.05. The Kier molecular flexibility index (Phi) is 3.01. The maximum absolute atomic E-state index is 12.5. The second-order valence-corrected chi connectivity index (χ2v) is 2.79. The van der Waals surface area contributed by atoms with E-state index in [4.69, 9.17) is 0 Å². The summed E-state index contributed by atoms with van der Waals surface area (Å²) in [6.45, 7) is 1.20. The fraction of sp³-hybridized carbons (Fsp3) is 0.300. The van der Waals surface area contributed by atoms with E-state index in [1.165, 1.54) is 7.11 Å². The first-order valence-corrected chi connectivity index (χ1v) is 3.93. The third-order valence-corrected chi connectivity index (χ3v) is 1.81. The largest absolute Gasteiger partial charge is 0.465 e. The van der Waals surface area contributed by atoms with Gasteiger partial charge < -0.3 is 4.74 Å². The highest BCUT2D eigenvalue weighted by Crippen LogP contribution is 2.13. The topological polar surface area (TPSA) is 26.3 Å². The number of aryl methyl sites for hydroxylation is 1. The lowest BCUT2D eigenvalue weighted by Gasteiger charge is -2.04. The number of hydrogen-bond acceptors (Lipinski definition) is 2. The summed E-state index contributed by atoms with van der Waals surface area (Å²) in [7, 11) is 1.28. The Morgan fingerprint density at radius 1 is 1.54 bits per heavy atom. The minimum absolute atomic E-state index is 0.301. The number of esters is 1. The van der Waals surface area contributed by atoms with Crippen LogP contribution < -0.4 is 0 Å². The van der Waals surface area contributed by atoms with Crippen molar-refractivity contribution in [2.45, 2.75) is 13.6 Å². The summed E-state index contributed by atoms with van der Waals surface area (Å²) in [4.78, 5) is 11.1. The number of carbonyl (C=O) groups is 1. The van der Waals surface area contributed by atoms with Gasteiger partial charge in [0.25, 0.3) is 0 Å². The van der Waals surface area contributed by atoms with Gasteiger partial charge in [-0.1, -0.05) is 17.7 Å². The summed E-state index contributed by atoms with van der Waals surface area (Å²) in [6, 6.07) is 4.98. The average Bonchev–Trinajstić information content (AvgIpc) is 2.16. The number of methoxy groups -OCH3 is 1. The fourth-order valence-corrected chi connectivity index (χ4v) is 1.14. The Hall–Kier alpha value is -1.38. The maximum Gasteiger partial charge on any atom is 0.338 e. The molecule has 1 aromatic carbocycles. The zero-order valence-corrected chi connectivity index (χ0v) is 7.63. The van der Waals surface area contributed by atoms with Gasteiger partial charge in [-0.05, 0) is 18.6 Å². The van der Waals surface area contributed by atoms with Crippen molar-refractivity contribution in [3.05, 3.63) is 34.9 Å². The number of benzene rings is 1. The van der Waals surface area contributed by atoms with Gasteiger partial charge in [0.15, 0.2) is 0 Å². The molecular weight excluding hydrogens is 171 g/mol. The molecule has 0 amide bonds. The van der Waals surface area contributed by atoms with Gasteiger partial charge in [-0.15, -0.1) is 0 Å². The molecule has 0 saturated heterocycles. The highest BCUT2D eigenvalue weighted by atomic mass is 19.1. The highest BCUT2D eigenvalue weighted by Gasteiger charge is 2.10. The third kappa shape index (κ3) is 2.05. The molecular formula is C10H11FO2. The van der Waals surface area contributed by atoms with Gasteiger partial charge in [-0.3, -0.25) is 0 Å². The Bertz CT molecular complexity index is 321. The molecule has 0 fully saturated rings. The Balaban J connectivity index is 3.13. The molecule has 0 aliphatic carbocycles. The van der Waals surface area contributed by atoms with E-state index in [2.05, 4.69) is 4.74 Å². The molecule has 70 valence electrons. The molecule has 3 heteroatoms. The van der Waals surface area contributed by atoms with Gasteiger partial charge in [0.05, 0.1) is 12.7 Å². The standard InChI is InChI=1S/C10H11FO2/c1-7-3-4-9(10(12)13-2)8(5-7)6-11/h3-5H,6H2,1-2H3. The van der Waals surface area contributed by atoms with E-state index in [-0.39, 0.29) is 0 Å². The maximum atomic E-state index is 12.5. The molecule has 0 aliphatic heterocycles. The number of carbonyl (C=O) groups excluding carboxylic acids is 1. The van der Waals surface area contributed by atoms with Crippen LogP contribution in [0.25, 0.3) is 0 Å². The van der Waals surface area contributed by atoms with Crippen LogP contribution in [0.4, 0.5) is 4.39 Å². The summed E-state index contributed by atoms with van der Waals surface area (Å²) in [6.07, 6.45) is 0. The number of rotatable bonds is 2. The van der Waals surface area contributed by atoms with Crippen LogP contribution in [0.5, 0.6) is 0 Å². The van der Waals surface area contributed by atoms with Gasteiger partial charge in [-0.25, -0.2) is 9.18 Å². The van der Waals surface area contributed by atoms with Crippen LogP contribution in [0, 0.1) is 6.92 Å². The van der Waals surface area contributed by atoms with Crippen LogP contribution in [-0.2, 0) is 11.4 Å². The highest BCUT2D eigenvalue weighted by molar-refractivity contribution is 5.91. The molecule has 0 atom stereocenters. The van der Waals surface area contributed by atoms with Crippen molar-refractivity contribution in [1.82, 2.24) is 0 Å². The van der Waals surface area contributed by atoms with Crippen LogP contribution in [0.15, 0.2) is 18.2 Å². The molecule has 0 aromatic heterocycles. The molecule has 0 aliphatic rings. The Morgan fingerprint density at radius 2 is 2.23 bits per heavy atom. The van der Waals surface area contributed by atoms with Crippen molar-refractivity contribution in [3.63, 3.8) is 0 Å². The van der Waals surface area contributed by atoms with E-state index >= 15 is 0 Å². The van der Waals surface area contributed by atoms with Crippen LogP contribution >= 0.6 is 0 Å². The van der Waals surface area contributed by atoms with E-state index in [1.54, 1.807) is 18.2 Å². The zero-order chi connectivity index (χ0) is 9.84. The normalized spacial score (nSPS) is 9.77. The minimum atomic E-state index is -0.647. The smallest absolute Gasteiger partial charge is 0.338 e. The molecule has 0 N–H and O–H groups in total. The molecule has 0 bridgehead atoms. The van der Waals surface area contributed by atoms with E-state index in [0.29, 0.717) is 11.1 Å². The van der Waals surface area contributed by atoms with Crippen molar-refractivity contribution in [3.8, 4) is 0 Å². The monoisotopic (exact) mass is 182 g/mol. The molecule has 2 nitrogen and oxygen atoms in total. The Morgan fingerprint density at radius 3 is 2.77 bits per heavy atom. The van der Waals surface area contributed by atoms with Crippen LogP contribution in [-0.4, -0.2) is 13.1 Å². The number of halogens is 1. The predicted molar refractivity (Wildman–Crippen MR) is 47.3 cm³/mol. The summed E-state index contributed by atoms with van der Waals surface area (Å²) in [5.41, 5.74) is 1.61. The SMILES string of the molecule is COC(=O)c1ccc(C)cc1CF. The van der Waals surface area contributed by atoms with Crippen molar-refractivity contribution >= 4 is 5.97 Å². The molecule has 0 spiro atoms. The van der Waals surface area contributed by atoms with E-state index in [0.717, 1.165) is 5.56 Å². The first-order valence-electron chi connectivity index (χ1n) is 3.93. The summed E-state index contributed by atoms with van der Waals surface area (Å²) in [5, 5.41) is 0. The lowest BCUT2D eigenvalue weighted by atomic mass is 10.1. The van der Waals surface area contributed by atoms with Gasteiger partial charge in [0.1, 0.15) is 6.67 Å². The van der Waals surface area contributed by atoms with Crippen molar-refractivity contribution < 1.29 is 13.9 Å². The predicted octanol–water partition coefficient (Wildman–Crippen LogP) is 2.25. The molecule has 1 aromatic rings. The van der Waals surface area contributed by atoms with Gasteiger partial charge >= 0.3 is 5.97 Å². The average molecular weight is 182 g/mol. The van der Waals surface area contributed by atoms with E-state index < -0.39 is 12.6 Å². The zero-order valence-electron chi connectivity index (χ0n) is 7.63. The molecule has 0 saturated carbocycles. The third-order valence-electron chi connectivity index (χ3n) is 1.81. The molecule has 1 rings (SSSR count). The number of ether oxygens (including phenoxy) is 1. The van der Waals surface area contributed by atoms with Crippen molar-refractivity contribution in [2.24, 2.45) is 0 Å². The quantitative estimate of drug-likeness (QED) is 0.656. The van der Waals surface area contributed by atoms with Crippen molar-refractivity contribution in [2.75, 3.05) is 7.11 Å². The molecule has 0 radical (unpaired) electrons. The minimum Gasteiger partial charge on any atom is -0.465 e. The first kappa shape index (κ1) is 9.71. The summed E-state index contributed by atoms with van der Waals surface area (Å²) in [5.74, 6) is -0.493. The summed E-state index contributed by atoms with van der Waals surface area (Å²) < 4.78 is 17.0. The number of hydrogen-bond donors (Lipinski definition) is 0. The molecule has 0 unspecified atom stereocenters. The van der Waals surface area contributed by atoms with Crippen LogP contribution in [0.1, 0.15) is 21.5 Å². The summed E-state index contributed by atoms with van der Waals surface area (Å²) >= 11 is 0. The van der Waals surface area contributed by atoms with Crippen molar-refractivity contribution in [1.29, 1.82) is 0 Å². The second-order valence-electron chi connectivity index (χ2n) is 2.79. The number of alkyl halides is 1. The second kappa shape index (κ2) is 4.03. The fourth-order valence-electron chi connectivity index (χ4n) is 1.14. The molecule has 0 heterocycles. The lowest BCUT2D eigenvalue weighted by molar-refractivity contribution is 0.0598. The van der Waals surface area contributed by atoms with Crippen LogP contribution in [0.2, 0.25) is 0 Å². The van der Waals surface area contributed by atoms with Crippen LogP contribution in [0.3, 0.4) is 0 Å². The Labute approximate surface area is 76.3 Å². The van der Waals surface area contributed by atoms with Gasteiger partial charge in [0.2, 0.25) is 0 Å². The van der Waals surface area contributed by atoms with Gasteiger partial charge in [0, 0.05) is 0 Å². The first-order chi connectivity index (χ1) is 6.19. The van der Waals surface area contributed by atoms with Gasteiger partial charge in [-0.2, -0.15) is 0 Å². The van der Waals surface area contributed by atoms with E-state index in [9.17, 15) is 9.18 Å². The molecule has 13 heavy (non-hydrogen) atoms.